The molecule has 3 heteroatoms. The van der Waals surface area contributed by atoms with E-state index in [0.29, 0.717) is 5.56 Å². The third kappa shape index (κ3) is 2.08. The predicted molar refractivity (Wildman–Crippen MR) is 61.4 cm³/mol. The average molecular weight is 213 g/mol. The highest BCUT2D eigenvalue weighted by Crippen LogP contribution is 2.20. The fourth-order valence-electron chi connectivity index (χ4n) is 1.59. The zero-order chi connectivity index (χ0) is 11.5. The SMILES string of the molecule is Cc1cc(C(=O)O)cc(-c2ccccn2)c1. The summed E-state index contributed by atoms with van der Waals surface area (Å²) in [4.78, 5) is 15.1. The van der Waals surface area contributed by atoms with Crippen molar-refractivity contribution in [3.8, 4) is 11.3 Å². The third-order valence-corrected chi connectivity index (χ3v) is 2.28. The first kappa shape index (κ1) is 10.4. The van der Waals surface area contributed by atoms with Crippen LogP contribution in [-0.4, -0.2) is 16.1 Å². The Bertz CT molecular complexity index is 521. The van der Waals surface area contributed by atoms with Crippen molar-refractivity contribution in [3.63, 3.8) is 0 Å². The van der Waals surface area contributed by atoms with Crippen molar-refractivity contribution in [2.45, 2.75) is 6.92 Å². The molecule has 80 valence electrons. The molecule has 0 bridgehead atoms. The van der Waals surface area contributed by atoms with Gasteiger partial charge in [-0.05, 0) is 42.8 Å². The minimum Gasteiger partial charge on any atom is -0.478 e. The molecule has 2 rings (SSSR count). The Morgan fingerprint density at radius 3 is 2.69 bits per heavy atom. The summed E-state index contributed by atoms with van der Waals surface area (Å²) < 4.78 is 0. The molecule has 3 nitrogen and oxygen atoms in total. The lowest BCUT2D eigenvalue weighted by Gasteiger charge is -2.04. The molecule has 0 aliphatic rings. The second-order valence-corrected chi connectivity index (χ2v) is 3.61. The second kappa shape index (κ2) is 4.14. The highest BCUT2D eigenvalue weighted by atomic mass is 16.4. The number of rotatable bonds is 2. The Morgan fingerprint density at radius 2 is 2.06 bits per heavy atom. The normalized spacial score (nSPS) is 10.1. The van der Waals surface area contributed by atoms with Gasteiger partial charge < -0.3 is 5.11 Å². The molecule has 0 aliphatic carbocycles. The van der Waals surface area contributed by atoms with Crippen LogP contribution >= 0.6 is 0 Å². The number of hydrogen-bond donors (Lipinski definition) is 1. The third-order valence-electron chi connectivity index (χ3n) is 2.28. The summed E-state index contributed by atoms with van der Waals surface area (Å²) in [7, 11) is 0. The zero-order valence-corrected chi connectivity index (χ0v) is 8.84. The van der Waals surface area contributed by atoms with Gasteiger partial charge in [-0.25, -0.2) is 4.79 Å². The highest BCUT2D eigenvalue weighted by molar-refractivity contribution is 5.89. The van der Waals surface area contributed by atoms with Crippen LogP contribution in [0.1, 0.15) is 15.9 Å². The maximum Gasteiger partial charge on any atom is 0.335 e. The summed E-state index contributed by atoms with van der Waals surface area (Å²) in [5, 5.41) is 8.96. The van der Waals surface area contributed by atoms with E-state index in [0.717, 1.165) is 16.8 Å². The zero-order valence-electron chi connectivity index (χ0n) is 8.84. The van der Waals surface area contributed by atoms with Gasteiger partial charge in [0.25, 0.3) is 0 Å². The van der Waals surface area contributed by atoms with Crippen LogP contribution in [0.2, 0.25) is 0 Å². The van der Waals surface area contributed by atoms with Gasteiger partial charge in [-0.1, -0.05) is 6.07 Å². The summed E-state index contributed by atoms with van der Waals surface area (Å²) in [5.41, 5.74) is 2.83. The number of nitrogens with zero attached hydrogens (tertiary/aromatic N) is 1. The van der Waals surface area contributed by atoms with E-state index in [1.165, 1.54) is 0 Å². The van der Waals surface area contributed by atoms with Crippen LogP contribution in [0.4, 0.5) is 0 Å². The molecule has 1 aromatic heterocycles. The van der Waals surface area contributed by atoms with E-state index in [-0.39, 0.29) is 0 Å². The molecular weight excluding hydrogens is 202 g/mol. The van der Waals surface area contributed by atoms with Gasteiger partial charge in [-0.2, -0.15) is 0 Å². The molecule has 16 heavy (non-hydrogen) atoms. The van der Waals surface area contributed by atoms with Gasteiger partial charge in [0.15, 0.2) is 0 Å². The Hall–Kier alpha value is -2.16. The van der Waals surface area contributed by atoms with Gasteiger partial charge in [0, 0.05) is 11.8 Å². The second-order valence-electron chi connectivity index (χ2n) is 3.61. The largest absolute Gasteiger partial charge is 0.478 e. The topological polar surface area (TPSA) is 50.2 Å². The summed E-state index contributed by atoms with van der Waals surface area (Å²) >= 11 is 0. The van der Waals surface area contributed by atoms with Gasteiger partial charge in [-0.15, -0.1) is 0 Å². The maximum absolute atomic E-state index is 10.9. The number of aryl methyl sites for hydroxylation is 1. The van der Waals surface area contributed by atoms with Gasteiger partial charge in [0.05, 0.1) is 11.3 Å². The van der Waals surface area contributed by atoms with Crippen molar-refractivity contribution in [3.05, 3.63) is 53.7 Å². The minimum atomic E-state index is -0.916. The number of benzene rings is 1. The summed E-state index contributed by atoms with van der Waals surface area (Å²) in [5.74, 6) is -0.916. The lowest BCUT2D eigenvalue weighted by atomic mass is 10.0. The lowest BCUT2D eigenvalue weighted by molar-refractivity contribution is 0.0697. The Kier molecular flexibility index (Phi) is 2.68. The van der Waals surface area contributed by atoms with Crippen LogP contribution in [0, 0.1) is 6.92 Å². The Morgan fingerprint density at radius 1 is 1.25 bits per heavy atom. The van der Waals surface area contributed by atoms with Crippen molar-refractivity contribution in [1.29, 1.82) is 0 Å². The molecule has 0 radical (unpaired) electrons. The van der Waals surface area contributed by atoms with Gasteiger partial charge >= 0.3 is 5.97 Å². The molecular formula is C13H11NO2. The number of carboxylic acids is 1. The first-order valence-corrected chi connectivity index (χ1v) is 4.93. The summed E-state index contributed by atoms with van der Waals surface area (Å²) in [6.45, 7) is 1.87. The monoisotopic (exact) mass is 213 g/mol. The molecule has 0 atom stereocenters. The number of carboxylic acid groups (broad SMARTS) is 1. The maximum atomic E-state index is 10.9. The number of hydrogen-bond acceptors (Lipinski definition) is 2. The van der Waals surface area contributed by atoms with Gasteiger partial charge in [0.2, 0.25) is 0 Å². The van der Waals surface area contributed by atoms with Crippen molar-refractivity contribution >= 4 is 5.97 Å². The molecule has 0 saturated carbocycles. The minimum absolute atomic E-state index is 0.292. The van der Waals surface area contributed by atoms with E-state index < -0.39 is 5.97 Å². The molecule has 0 saturated heterocycles. The van der Waals surface area contributed by atoms with E-state index in [4.69, 9.17) is 5.11 Å². The Balaban J connectivity index is 2.54. The van der Waals surface area contributed by atoms with Crippen molar-refractivity contribution in [2.24, 2.45) is 0 Å². The Labute approximate surface area is 93.4 Å². The molecule has 0 unspecified atom stereocenters. The van der Waals surface area contributed by atoms with Gasteiger partial charge in [0.1, 0.15) is 0 Å². The van der Waals surface area contributed by atoms with E-state index in [1.54, 1.807) is 18.3 Å². The summed E-state index contributed by atoms with van der Waals surface area (Å²) in [6, 6.07) is 10.8. The number of aromatic carboxylic acids is 1. The van der Waals surface area contributed by atoms with Gasteiger partial charge in [-0.3, -0.25) is 4.98 Å². The molecule has 2 aromatic rings. The van der Waals surface area contributed by atoms with Crippen molar-refractivity contribution in [1.82, 2.24) is 4.98 Å². The van der Waals surface area contributed by atoms with Crippen LogP contribution < -0.4 is 0 Å². The van der Waals surface area contributed by atoms with Crippen molar-refractivity contribution in [2.75, 3.05) is 0 Å². The number of carbonyl (C=O) groups is 1. The standard InChI is InChI=1S/C13H11NO2/c1-9-6-10(8-11(7-9)13(15)16)12-4-2-3-5-14-12/h2-8H,1H3,(H,15,16). The smallest absolute Gasteiger partial charge is 0.335 e. The molecule has 1 N–H and O–H groups in total. The lowest BCUT2D eigenvalue weighted by Crippen LogP contribution is -1.97. The number of pyridine rings is 1. The van der Waals surface area contributed by atoms with E-state index in [2.05, 4.69) is 4.98 Å². The first-order valence-electron chi connectivity index (χ1n) is 4.93. The van der Waals surface area contributed by atoms with Crippen molar-refractivity contribution < 1.29 is 9.90 Å². The van der Waals surface area contributed by atoms with Crippen LogP contribution in [-0.2, 0) is 0 Å². The van der Waals surface area contributed by atoms with Crippen LogP contribution in [0.3, 0.4) is 0 Å². The van der Waals surface area contributed by atoms with E-state index in [9.17, 15) is 4.79 Å². The fraction of sp³-hybridized carbons (Fsp3) is 0.0769. The quantitative estimate of drug-likeness (QED) is 0.834. The molecule has 0 spiro atoms. The van der Waals surface area contributed by atoms with E-state index >= 15 is 0 Å². The average Bonchev–Trinajstić information content (AvgIpc) is 2.29. The first-order chi connectivity index (χ1) is 7.66. The van der Waals surface area contributed by atoms with Crippen LogP contribution in [0.5, 0.6) is 0 Å². The van der Waals surface area contributed by atoms with E-state index in [1.807, 2.05) is 31.2 Å². The molecule has 0 amide bonds. The summed E-state index contributed by atoms with van der Waals surface area (Å²) in [6.07, 6.45) is 1.69. The molecule has 0 aliphatic heterocycles. The highest BCUT2D eigenvalue weighted by Gasteiger charge is 2.06. The van der Waals surface area contributed by atoms with Crippen LogP contribution in [0.15, 0.2) is 42.6 Å². The number of aromatic nitrogens is 1. The fourth-order valence-corrected chi connectivity index (χ4v) is 1.59. The molecule has 1 heterocycles. The predicted octanol–water partition coefficient (Wildman–Crippen LogP) is 2.76. The van der Waals surface area contributed by atoms with Crippen LogP contribution in [0.25, 0.3) is 11.3 Å². The molecule has 1 aromatic carbocycles. The molecule has 0 fully saturated rings.